The van der Waals surface area contributed by atoms with Gasteiger partial charge in [0.25, 0.3) is 5.91 Å². The summed E-state index contributed by atoms with van der Waals surface area (Å²) in [5, 5.41) is 7.69. The second kappa shape index (κ2) is 9.75. The average Bonchev–Trinajstić information content (AvgIpc) is 3.12. The van der Waals surface area contributed by atoms with Crippen LogP contribution in [0.5, 0.6) is 0 Å². The van der Waals surface area contributed by atoms with Crippen LogP contribution < -0.4 is 10.6 Å². The first-order valence-electron chi connectivity index (χ1n) is 10.6. The first-order valence-corrected chi connectivity index (χ1v) is 13.2. The van der Waals surface area contributed by atoms with Gasteiger partial charge >= 0.3 is 0 Å². The fraction of sp³-hybridized carbons (Fsp3) is 0.120. The lowest BCUT2D eigenvalue weighted by Crippen LogP contribution is -2.18. The minimum absolute atomic E-state index is 0.185. The van der Waals surface area contributed by atoms with Gasteiger partial charge in [0.2, 0.25) is 5.91 Å². The second-order valence-corrected chi connectivity index (χ2v) is 11.9. The Kier molecular flexibility index (Phi) is 6.96. The van der Waals surface area contributed by atoms with Crippen LogP contribution in [-0.2, 0) is 4.79 Å². The van der Waals surface area contributed by atoms with Gasteiger partial charge < -0.3 is 15.6 Å². The third kappa shape index (κ3) is 4.95. The van der Waals surface area contributed by atoms with Gasteiger partial charge in [-0.2, -0.15) is 0 Å². The van der Waals surface area contributed by atoms with Crippen LogP contribution in [0.4, 0.5) is 11.4 Å². The number of anilines is 2. The highest BCUT2D eigenvalue weighted by atomic mass is 79.9. The van der Waals surface area contributed by atoms with E-state index in [4.69, 9.17) is 58.0 Å². The van der Waals surface area contributed by atoms with Crippen LogP contribution >= 0.6 is 73.9 Å². The summed E-state index contributed by atoms with van der Waals surface area (Å²) in [6, 6.07) is 15.2. The van der Waals surface area contributed by atoms with Crippen molar-refractivity contribution in [3.8, 4) is 0 Å². The summed E-state index contributed by atoms with van der Waals surface area (Å²) in [5.41, 5.74) is 2.65. The number of hydrogen-bond acceptors (Lipinski definition) is 2. The minimum Gasteiger partial charge on any atom is -0.361 e. The normalized spacial score (nSPS) is 18.2. The van der Waals surface area contributed by atoms with Crippen molar-refractivity contribution >= 4 is 108 Å². The average molecular weight is 647 g/mol. The zero-order chi connectivity index (χ0) is 25.8. The Hall–Kier alpha value is -1.93. The zero-order valence-corrected chi connectivity index (χ0v) is 23.4. The molecule has 11 heteroatoms. The Labute approximate surface area is 239 Å². The van der Waals surface area contributed by atoms with E-state index in [1.165, 1.54) is 12.1 Å². The van der Waals surface area contributed by atoms with E-state index in [-0.39, 0.29) is 10.6 Å². The first kappa shape index (κ1) is 25.7. The summed E-state index contributed by atoms with van der Waals surface area (Å²) >= 11 is 34.9. The van der Waals surface area contributed by atoms with Crippen LogP contribution in [-0.4, -0.2) is 21.1 Å². The van der Waals surface area contributed by atoms with Crippen molar-refractivity contribution in [1.82, 2.24) is 4.98 Å². The van der Waals surface area contributed by atoms with Crippen LogP contribution in [0.1, 0.15) is 21.8 Å². The van der Waals surface area contributed by atoms with Crippen LogP contribution in [0, 0.1) is 5.92 Å². The Bertz CT molecular complexity index is 1520. The lowest BCUT2D eigenvalue weighted by atomic mass is 10.1. The van der Waals surface area contributed by atoms with Gasteiger partial charge in [-0.3, -0.25) is 9.59 Å². The van der Waals surface area contributed by atoms with Crippen molar-refractivity contribution in [1.29, 1.82) is 0 Å². The first-order chi connectivity index (χ1) is 17.0. The number of aromatic amines is 1. The molecule has 2 amide bonds. The number of H-pyrrole nitrogens is 1. The number of carbonyl (C=O) groups is 2. The van der Waals surface area contributed by atoms with Crippen LogP contribution in [0.25, 0.3) is 10.9 Å². The van der Waals surface area contributed by atoms with E-state index in [0.29, 0.717) is 31.5 Å². The molecule has 0 saturated heterocycles. The molecule has 1 heterocycles. The molecule has 0 unspecified atom stereocenters. The topological polar surface area (TPSA) is 74.0 Å². The highest BCUT2D eigenvalue weighted by Gasteiger charge is 2.67. The molecule has 1 aliphatic carbocycles. The molecule has 3 aromatic carbocycles. The van der Waals surface area contributed by atoms with E-state index in [0.717, 1.165) is 10.9 Å². The fourth-order valence-electron chi connectivity index (χ4n) is 4.18. The monoisotopic (exact) mass is 643 g/mol. The standard InChI is InChI=1S/C25H15BrCl5N3O2/c26-17-7-11-3-4-32-19(11)10-20(17)34-23(35)16-9-15(1-2-18(16)29)33-24(36)22-21(25(22,30)31)12-5-13(27)8-14(28)6-12/h1-10,21-22,32H,(H,33,36)(H,34,35)/t21-,22+/m0/s1. The van der Waals surface area contributed by atoms with Crippen molar-refractivity contribution in [2.45, 2.75) is 10.3 Å². The summed E-state index contributed by atoms with van der Waals surface area (Å²) < 4.78 is -0.613. The van der Waals surface area contributed by atoms with Crippen molar-refractivity contribution < 1.29 is 9.59 Å². The Morgan fingerprint density at radius 1 is 0.917 bits per heavy atom. The smallest absolute Gasteiger partial charge is 0.257 e. The van der Waals surface area contributed by atoms with Crippen molar-refractivity contribution in [2.75, 3.05) is 10.6 Å². The molecule has 0 radical (unpaired) electrons. The predicted octanol–water partition coefficient (Wildman–Crippen LogP) is 8.67. The molecule has 0 bridgehead atoms. The van der Waals surface area contributed by atoms with E-state index < -0.39 is 28.0 Å². The van der Waals surface area contributed by atoms with Gasteiger partial charge in [0.15, 0.2) is 0 Å². The highest BCUT2D eigenvalue weighted by molar-refractivity contribution is 9.10. The van der Waals surface area contributed by atoms with E-state index in [9.17, 15) is 9.59 Å². The number of carbonyl (C=O) groups excluding carboxylic acids is 2. The lowest BCUT2D eigenvalue weighted by molar-refractivity contribution is -0.117. The van der Waals surface area contributed by atoms with E-state index in [2.05, 4.69) is 31.5 Å². The molecule has 1 aromatic heterocycles. The Balaban J connectivity index is 1.34. The minimum atomic E-state index is -1.33. The molecule has 1 saturated carbocycles. The second-order valence-electron chi connectivity index (χ2n) is 8.37. The van der Waals surface area contributed by atoms with Gasteiger partial charge in [-0.25, -0.2) is 0 Å². The molecular weight excluding hydrogens is 631 g/mol. The maximum Gasteiger partial charge on any atom is 0.257 e. The quantitative estimate of drug-likeness (QED) is 0.190. The molecular formula is C25H15BrCl5N3O2. The van der Waals surface area contributed by atoms with Gasteiger partial charge in [0.05, 0.1) is 22.2 Å². The molecule has 4 aromatic rings. The maximum atomic E-state index is 13.1. The van der Waals surface area contributed by atoms with E-state index in [1.807, 2.05) is 24.4 Å². The number of hydrogen-bond donors (Lipinski definition) is 3. The van der Waals surface area contributed by atoms with Gasteiger partial charge in [-0.1, -0.05) is 34.8 Å². The van der Waals surface area contributed by atoms with E-state index in [1.54, 1.807) is 24.3 Å². The van der Waals surface area contributed by atoms with Gasteiger partial charge in [-0.15, -0.1) is 23.2 Å². The number of rotatable bonds is 5. The third-order valence-corrected chi connectivity index (χ3v) is 8.31. The SMILES string of the molecule is O=C(Nc1cc2[nH]ccc2cc1Br)c1cc(NC(=O)[C@H]2[C@H](c3cc(Cl)cc(Cl)c3)C2(Cl)Cl)ccc1Cl. The van der Waals surface area contributed by atoms with Crippen molar-refractivity contribution in [2.24, 2.45) is 5.92 Å². The number of amides is 2. The van der Waals surface area contributed by atoms with Crippen LogP contribution in [0.15, 0.2) is 65.3 Å². The molecule has 1 aliphatic rings. The number of alkyl halides is 2. The summed E-state index contributed by atoms with van der Waals surface area (Å²) in [7, 11) is 0. The molecule has 3 N–H and O–H groups in total. The largest absolute Gasteiger partial charge is 0.361 e. The molecule has 5 rings (SSSR count). The van der Waals surface area contributed by atoms with Crippen molar-refractivity contribution in [3.05, 3.63) is 91.5 Å². The number of aromatic nitrogens is 1. The maximum absolute atomic E-state index is 13.1. The summed E-state index contributed by atoms with van der Waals surface area (Å²) in [6.45, 7) is 0. The fourth-order valence-corrected chi connectivity index (χ4v) is 6.21. The number of benzene rings is 3. The summed E-state index contributed by atoms with van der Waals surface area (Å²) in [4.78, 5) is 29.2. The number of halogens is 6. The summed E-state index contributed by atoms with van der Waals surface area (Å²) in [6.07, 6.45) is 1.81. The molecule has 5 nitrogen and oxygen atoms in total. The third-order valence-electron chi connectivity index (χ3n) is 5.95. The lowest BCUT2D eigenvalue weighted by Gasteiger charge is -2.11. The van der Waals surface area contributed by atoms with E-state index >= 15 is 0 Å². The van der Waals surface area contributed by atoms with Gasteiger partial charge in [0.1, 0.15) is 4.33 Å². The molecule has 36 heavy (non-hydrogen) atoms. The van der Waals surface area contributed by atoms with Crippen molar-refractivity contribution in [3.63, 3.8) is 0 Å². The zero-order valence-electron chi connectivity index (χ0n) is 18.0. The Morgan fingerprint density at radius 3 is 2.36 bits per heavy atom. The number of fused-ring (bicyclic) bond motifs is 1. The van der Waals surface area contributed by atoms with Crippen LogP contribution in [0.2, 0.25) is 15.1 Å². The predicted molar refractivity (Wildman–Crippen MR) is 151 cm³/mol. The van der Waals surface area contributed by atoms with Crippen LogP contribution in [0.3, 0.4) is 0 Å². The molecule has 0 aliphatic heterocycles. The van der Waals surface area contributed by atoms with Gasteiger partial charge in [-0.05, 0) is 76.1 Å². The highest BCUT2D eigenvalue weighted by Crippen LogP contribution is 2.65. The molecule has 184 valence electrons. The number of nitrogens with one attached hydrogen (secondary N) is 3. The summed E-state index contributed by atoms with van der Waals surface area (Å²) in [5.74, 6) is -2.08. The molecule has 1 fully saturated rings. The Morgan fingerprint density at radius 2 is 1.64 bits per heavy atom. The van der Waals surface area contributed by atoms with Gasteiger partial charge in [0, 0.05) is 43.2 Å². The molecule has 2 atom stereocenters. The molecule has 0 spiro atoms.